The molecule has 0 aliphatic rings. The standard InChI is InChI=1S/C16H23N3S/c1-11-6-7-18-13(8-11)12(17-5)9-15-19-14(10-20-15)16(2,3)4/h6-8,10,12,17H,9H2,1-5H3. The van der Waals surface area contributed by atoms with Crippen LogP contribution >= 0.6 is 11.3 Å². The molecule has 0 radical (unpaired) electrons. The van der Waals surface area contributed by atoms with Crippen molar-refractivity contribution >= 4 is 11.3 Å². The molecule has 0 saturated heterocycles. The van der Waals surface area contributed by atoms with E-state index < -0.39 is 0 Å². The van der Waals surface area contributed by atoms with Crippen LogP contribution in [0.25, 0.3) is 0 Å². The summed E-state index contributed by atoms with van der Waals surface area (Å²) >= 11 is 1.74. The second-order valence-corrected chi connectivity index (χ2v) is 7.12. The van der Waals surface area contributed by atoms with E-state index >= 15 is 0 Å². The SMILES string of the molecule is CNC(Cc1nc(C(C)(C)C)cs1)c1cc(C)ccn1. The normalized spacial score (nSPS) is 13.4. The number of rotatable bonds is 4. The summed E-state index contributed by atoms with van der Waals surface area (Å²) in [5.74, 6) is 0. The Morgan fingerprint density at radius 1 is 1.35 bits per heavy atom. The Hall–Kier alpha value is -1.26. The fourth-order valence-electron chi connectivity index (χ4n) is 2.03. The molecule has 0 bridgehead atoms. The lowest BCUT2D eigenvalue weighted by Gasteiger charge is -2.16. The number of aryl methyl sites for hydroxylation is 1. The Balaban J connectivity index is 2.16. The Labute approximate surface area is 125 Å². The Kier molecular flexibility index (Phi) is 4.55. The number of aromatic nitrogens is 2. The minimum atomic E-state index is 0.117. The Morgan fingerprint density at radius 3 is 2.65 bits per heavy atom. The first-order valence-corrected chi connectivity index (χ1v) is 7.83. The molecule has 4 heteroatoms. The summed E-state index contributed by atoms with van der Waals surface area (Å²) in [6.45, 7) is 8.69. The highest BCUT2D eigenvalue weighted by Gasteiger charge is 2.19. The maximum absolute atomic E-state index is 4.77. The first kappa shape index (κ1) is 15.1. The molecule has 2 heterocycles. The van der Waals surface area contributed by atoms with Gasteiger partial charge in [-0.3, -0.25) is 4.98 Å². The third kappa shape index (κ3) is 3.64. The first-order valence-electron chi connectivity index (χ1n) is 6.95. The van der Waals surface area contributed by atoms with Gasteiger partial charge in [-0.15, -0.1) is 11.3 Å². The van der Waals surface area contributed by atoms with Crippen LogP contribution in [0.4, 0.5) is 0 Å². The lowest BCUT2D eigenvalue weighted by Crippen LogP contribution is -2.20. The van der Waals surface area contributed by atoms with Gasteiger partial charge in [0.15, 0.2) is 0 Å². The van der Waals surface area contributed by atoms with Crippen molar-refractivity contribution < 1.29 is 0 Å². The van der Waals surface area contributed by atoms with Crippen LogP contribution in [0.5, 0.6) is 0 Å². The largest absolute Gasteiger partial charge is 0.311 e. The highest BCUT2D eigenvalue weighted by Crippen LogP contribution is 2.26. The molecule has 0 aliphatic carbocycles. The molecule has 108 valence electrons. The highest BCUT2D eigenvalue weighted by atomic mass is 32.1. The van der Waals surface area contributed by atoms with Crippen LogP contribution in [0, 0.1) is 6.92 Å². The van der Waals surface area contributed by atoms with Crippen molar-refractivity contribution in [1.82, 2.24) is 15.3 Å². The fourth-order valence-corrected chi connectivity index (χ4v) is 3.10. The minimum absolute atomic E-state index is 0.117. The highest BCUT2D eigenvalue weighted by molar-refractivity contribution is 7.09. The van der Waals surface area contributed by atoms with E-state index in [4.69, 9.17) is 4.98 Å². The quantitative estimate of drug-likeness (QED) is 0.933. The van der Waals surface area contributed by atoms with Crippen molar-refractivity contribution in [1.29, 1.82) is 0 Å². The number of hydrogen-bond acceptors (Lipinski definition) is 4. The van der Waals surface area contributed by atoms with E-state index in [2.05, 4.69) is 49.4 Å². The van der Waals surface area contributed by atoms with E-state index in [0.717, 1.165) is 17.1 Å². The van der Waals surface area contributed by atoms with Gasteiger partial charge in [0.1, 0.15) is 0 Å². The van der Waals surface area contributed by atoms with Crippen LogP contribution in [-0.2, 0) is 11.8 Å². The van der Waals surface area contributed by atoms with E-state index in [1.54, 1.807) is 11.3 Å². The molecule has 0 saturated carbocycles. The summed E-state index contributed by atoms with van der Waals surface area (Å²) in [7, 11) is 1.98. The van der Waals surface area contributed by atoms with Gasteiger partial charge >= 0.3 is 0 Å². The van der Waals surface area contributed by atoms with E-state index in [9.17, 15) is 0 Å². The van der Waals surface area contributed by atoms with Crippen LogP contribution in [0.3, 0.4) is 0 Å². The molecule has 3 nitrogen and oxygen atoms in total. The number of nitrogens with zero attached hydrogens (tertiary/aromatic N) is 2. The molecule has 1 unspecified atom stereocenters. The third-order valence-corrected chi connectivity index (χ3v) is 4.21. The van der Waals surface area contributed by atoms with Gasteiger partial charge in [-0.05, 0) is 31.7 Å². The monoisotopic (exact) mass is 289 g/mol. The van der Waals surface area contributed by atoms with Gasteiger partial charge in [-0.2, -0.15) is 0 Å². The zero-order chi connectivity index (χ0) is 14.8. The molecule has 0 aromatic carbocycles. The van der Waals surface area contributed by atoms with Crippen LogP contribution < -0.4 is 5.32 Å². The topological polar surface area (TPSA) is 37.8 Å². The molecule has 1 atom stereocenters. The van der Waals surface area contributed by atoms with Crippen LogP contribution in [-0.4, -0.2) is 17.0 Å². The zero-order valence-electron chi connectivity index (χ0n) is 12.9. The van der Waals surface area contributed by atoms with E-state index in [1.165, 1.54) is 11.3 Å². The van der Waals surface area contributed by atoms with Gasteiger partial charge in [0, 0.05) is 23.4 Å². The minimum Gasteiger partial charge on any atom is -0.311 e. The summed E-state index contributed by atoms with van der Waals surface area (Å²) < 4.78 is 0. The smallest absolute Gasteiger partial charge is 0.0948 e. The summed E-state index contributed by atoms with van der Waals surface area (Å²) in [6.07, 6.45) is 2.76. The lowest BCUT2D eigenvalue weighted by atomic mass is 9.93. The maximum Gasteiger partial charge on any atom is 0.0948 e. The van der Waals surface area contributed by atoms with Crippen molar-refractivity contribution in [2.75, 3.05) is 7.05 Å². The van der Waals surface area contributed by atoms with E-state index in [-0.39, 0.29) is 11.5 Å². The summed E-state index contributed by atoms with van der Waals surface area (Å²) in [5.41, 5.74) is 3.61. The van der Waals surface area contributed by atoms with Crippen LogP contribution in [0.2, 0.25) is 0 Å². The van der Waals surface area contributed by atoms with Gasteiger partial charge < -0.3 is 5.32 Å². The van der Waals surface area contributed by atoms with Gasteiger partial charge in [0.2, 0.25) is 0 Å². The van der Waals surface area contributed by atoms with Gasteiger partial charge in [-0.1, -0.05) is 20.8 Å². The molecular formula is C16H23N3S. The van der Waals surface area contributed by atoms with Crippen molar-refractivity contribution in [2.24, 2.45) is 0 Å². The van der Waals surface area contributed by atoms with E-state index in [0.29, 0.717) is 0 Å². The summed E-state index contributed by atoms with van der Waals surface area (Å²) in [4.78, 5) is 9.24. The van der Waals surface area contributed by atoms with Crippen molar-refractivity contribution in [2.45, 2.75) is 45.6 Å². The number of thiazole rings is 1. The Morgan fingerprint density at radius 2 is 2.10 bits per heavy atom. The maximum atomic E-state index is 4.77. The van der Waals surface area contributed by atoms with Gasteiger partial charge in [-0.25, -0.2) is 4.98 Å². The molecule has 2 aromatic heterocycles. The van der Waals surface area contributed by atoms with Crippen molar-refractivity contribution in [3.63, 3.8) is 0 Å². The van der Waals surface area contributed by atoms with Crippen LogP contribution in [0.1, 0.15) is 48.8 Å². The van der Waals surface area contributed by atoms with Crippen molar-refractivity contribution in [3.05, 3.63) is 45.7 Å². The number of hydrogen-bond donors (Lipinski definition) is 1. The molecule has 1 N–H and O–H groups in total. The average Bonchev–Trinajstić information content (AvgIpc) is 2.84. The zero-order valence-corrected chi connectivity index (χ0v) is 13.7. The first-order chi connectivity index (χ1) is 9.40. The molecule has 2 aromatic rings. The molecule has 0 aliphatic heterocycles. The molecule has 0 amide bonds. The molecular weight excluding hydrogens is 266 g/mol. The average molecular weight is 289 g/mol. The summed E-state index contributed by atoms with van der Waals surface area (Å²) in [6, 6.07) is 4.38. The lowest BCUT2D eigenvalue weighted by molar-refractivity contribution is 0.554. The second kappa shape index (κ2) is 6.02. The third-order valence-electron chi connectivity index (χ3n) is 3.34. The second-order valence-electron chi connectivity index (χ2n) is 6.18. The molecule has 20 heavy (non-hydrogen) atoms. The fraction of sp³-hybridized carbons (Fsp3) is 0.500. The molecule has 0 spiro atoms. The van der Waals surface area contributed by atoms with Gasteiger partial charge in [0.25, 0.3) is 0 Å². The Bertz CT molecular complexity index is 569. The predicted octanol–water partition coefficient (Wildman–Crippen LogP) is 3.65. The van der Waals surface area contributed by atoms with Gasteiger partial charge in [0.05, 0.1) is 22.4 Å². The molecule has 0 fully saturated rings. The number of nitrogens with one attached hydrogen (secondary N) is 1. The predicted molar refractivity (Wildman–Crippen MR) is 85.3 cm³/mol. The molecule has 2 rings (SSSR count). The van der Waals surface area contributed by atoms with Crippen LogP contribution in [0.15, 0.2) is 23.7 Å². The number of likely N-dealkylation sites (N-methyl/N-ethyl adjacent to an activating group) is 1. The van der Waals surface area contributed by atoms with Crippen molar-refractivity contribution in [3.8, 4) is 0 Å². The van der Waals surface area contributed by atoms with E-state index in [1.807, 2.05) is 19.3 Å². The summed E-state index contributed by atoms with van der Waals surface area (Å²) in [5, 5.41) is 6.68. The number of pyridine rings is 1.